The van der Waals surface area contributed by atoms with E-state index in [2.05, 4.69) is 0 Å². The number of hydrogen-bond acceptors (Lipinski definition) is 5. The number of hydrogen-bond donors (Lipinski definition) is 3. The summed E-state index contributed by atoms with van der Waals surface area (Å²) in [6.45, 7) is 0.715. The SMILES string of the molecule is O=C(O)c1ccc([C@H]2CC[C@@H]3[C@@H](/C=C/[C@@H](O)COc4ccccc4)[C@H](O)C[C@@H]3OC2)cc1. The highest BCUT2D eigenvalue weighted by molar-refractivity contribution is 5.87. The van der Waals surface area contributed by atoms with E-state index in [4.69, 9.17) is 14.6 Å². The molecule has 0 bridgehead atoms. The lowest BCUT2D eigenvalue weighted by Crippen LogP contribution is -2.22. The largest absolute Gasteiger partial charge is 0.491 e. The standard InChI is InChI=1S/C26H30O6/c27-20(16-31-21-4-2-1-3-5-21)11-13-22-23-12-10-19(15-32-25(23)14-24(22)28)17-6-8-18(9-7-17)26(29)30/h1-9,11,13,19-20,22-25,27-28H,10,12,14-16H2,(H,29,30)/b13-11+/t19-,20+,22+,23+,24+,25-/m0/s1. The van der Waals surface area contributed by atoms with Gasteiger partial charge in [0, 0.05) is 18.3 Å². The van der Waals surface area contributed by atoms with Gasteiger partial charge in [-0.05, 0) is 48.6 Å². The monoisotopic (exact) mass is 438 g/mol. The summed E-state index contributed by atoms with van der Waals surface area (Å²) < 4.78 is 11.8. The lowest BCUT2D eigenvalue weighted by Gasteiger charge is -2.21. The summed E-state index contributed by atoms with van der Waals surface area (Å²) in [6.07, 6.45) is 4.76. The van der Waals surface area contributed by atoms with Crippen molar-refractivity contribution in [1.82, 2.24) is 0 Å². The Morgan fingerprint density at radius 3 is 2.59 bits per heavy atom. The molecule has 1 saturated heterocycles. The zero-order chi connectivity index (χ0) is 22.5. The Balaban J connectivity index is 1.35. The molecule has 6 nitrogen and oxygen atoms in total. The molecule has 2 fully saturated rings. The van der Waals surface area contributed by atoms with Gasteiger partial charge in [0.2, 0.25) is 0 Å². The van der Waals surface area contributed by atoms with E-state index in [0.29, 0.717) is 18.8 Å². The molecule has 6 atom stereocenters. The van der Waals surface area contributed by atoms with Crippen molar-refractivity contribution in [2.45, 2.75) is 43.5 Å². The Kier molecular flexibility index (Phi) is 7.25. The predicted octanol–water partition coefficient (Wildman–Crippen LogP) is 3.64. The molecular weight excluding hydrogens is 408 g/mol. The second-order valence-corrected chi connectivity index (χ2v) is 8.69. The lowest BCUT2D eigenvalue weighted by atomic mass is 9.85. The van der Waals surface area contributed by atoms with Gasteiger partial charge < -0.3 is 24.8 Å². The molecule has 2 aliphatic rings. The Morgan fingerprint density at radius 1 is 1.12 bits per heavy atom. The van der Waals surface area contributed by atoms with Crippen LogP contribution in [0.2, 0.25) is 0 Å². The topological polar surface area (TPSA) is 96.2 Å². The fraction of sp³-hybridized carbons (Fsp3) is 0.423. The summed E-state index contributed by atoms with van der Waals surface area (Å²) in [4.78, 5) is 11.1. The van der Waals surface area contributed by atoms with Gasteiger partial charge in [-0.3, -0.25) is 0 Å². The van der Waals surface area contributed by atoms with Crippen molar-refractivity contribution < 1.29 is 29.6 Å². The van der Waals surface area contributed by atoms with Crippen LogP contribution in [0.25, 0.3) is 0 Å². The molecule has 1 aliphatic carbocycles. The maximum absolute atomic E-state index is 11.1. The first-order valence-corrected chi connectivity index (χ1v) is 11.2. The maximum atomic E-state index is 11.1. The minimum absolute atomic E-state index is 0.0133. The molecule has 0 radical (unpaired) electrons. The van der Waals surface area contributed by atoms with Crippen LogP contribution in [0.15, 0.2) is 66.7 Å². The summed E-state index contributed by atoms with van der Waals surface area (Å²) in [5.41, 5.74) is 1.36. The molecule has 32 heavy (non-hydrogen) atoms. The molecule has 0 amide bonds. The van der Waals surface area contributed by atoms with Crippen LogP contribution in [-0.2, 0) is 4.74 Å². The molecule has 0 spiro atoms. The third-order valence-corrected chi connectivity index (χ3v) is 6.60. The van der Waals surface area contributed by atoms with Crippen molar-refractivity contribution in [1.29, 1.82) is 0 Å². The smallest absolute Gasteiger partial charge is 0.335 e. The minimum Gasteiger partial charge on any atom is -0.491 e. The second-order valence-electron chi connectivity index (χ2n) is 8.69. The fourth-order valence-corrected chi connectivity index (χ4v) is 4.83. The van der Waals surface area contributed by atoms with Crippen LogP contribution in [0.5, 0.6) is 5.75 Å². The molecule has 4 rings (SSSR count). The van der Waals surface area contributed by atoms with Crippen LogP contribution in [0.1, 0.15) is 41.1 Å². The van der Waals surface area contributed by atoms with E-state index >= 15 is 0 Å². The van der Waals surface area contributed by atoms with Crippen LogP contribution in [-0.4, -0.2) is 52.8 Å². The summed E-state index contributed by atoms with van der Waals surface area (Å²) in [5.74, 6) is 0.102. The quantitative estimate of drug-likeness (QED) is 0.571. The van der Waals surface area contributed by atoms with Gasteiger partial charge in [0.05, 0.1) is 24.4 Å². The van der Waals surface area contributed by atoms with Crippen LogP contribution in [0.3, 0.4) is 0 Å². The van der Waals surface area contributed by atoms with Crippen molar-refractivity contribution in [2.24, 2.45) is 11.8 Å². The van der Waals surface area contributed by atoms with Crippen molar-refractivity contribution in [3.63, 3.8) is 0 Å². The number of ether oxygens (including phenoxy) is 2. The van der Waals surface area contributed by atoms with E-state index in [1.54, 1.807) is 18.2 Å². The van der Waals surface area contributed by atoms with Gasteiger partial charge in [-0.1, -0.05) is 42.5 Å². The van der Waals surface area contributed by atoms with Gasteiger partial charge >= 0.3 is 5.97 Å². The first kappa shape index (κ1) is 22.5. The van der Waals surface area contributed by atoms with Crippen molar-refractivity contribution in [3.05, 3.63) is 77.9 Å². The Morgan fingerprint density at radius 2 is 1.88 bits per heavy atom. The van der Waals surface area contributed by atoms with E-state index in [-0.39, 0.29) is 36.0 Å². The molecule has 3 N–H and O–H groups in total. The molecule has 0 unspecified atom stereocenters. The van der Waals surface area contributed by atoms with E-state index in [0.717, 1.165) is 18.4 Å². The zero-order valence-electron chi connectivity index (χ0n) is 17.9. The number of rotatable bonds is 7. The number of carboxylic acids is 1. The molecule has 2 aromatic rings. The van der Waals surface area contributed by atoms with Gasteiger partial charge in [-0.15, -0.1) is 0 Å². The average molecular weight is 439 g/mol. The number of benzene rings is 2. The Bertz CT molecular complexity index is 910. The number of aromatic carboxylic acids is 1. The zero-order valence-corrected chi connectivity index (χ0v) is 17.9. The van der Waals surface area contributed by atoms with E-state index in [1.165, 1.54) is 0 Å². The molecule has 6 heteroatoms. The molecule has 2 aromatic carbocycles. The van der Waals surface area contributed by atoms with Crippen molar-refractivity contribution in [3.8, 4) is 5.75 Å². The van der Waals surface area contributed by atoms with E-state index in [1.807, 2.05) is 48.5 Å². The van der Waals surface area contributed by atoms with Crippen molar-refractivity contribution in [2.75, 3.05) is 13.2 Å². The number of carbonyl (C=O) groups is 1. The first-order chi connectivity index (χ1) is 15.5. The summed E-state index contributed by atoms with van der Waals surface area (Å²) in [7, 11) is 0. The number of fused-ring (bicyclic) bond motifs is 1. The average Bonchev–Trinajstić information content (AvgIpc) is 2.96. The van der Waals surface area contributed by atoms with Gasteiger partial charge in [0.15, 0.2) is 0 Å². The van der Waals surface area contributed by atoms with Gasteiger partial charge in [-0.25, -0.2) is 4.79 Å². The highest BCUT2D eigenvalue weighted by atomic mass is 16.5. The Hall–Kier alpha value is -2.67. The highest BCUT2D eigenvalue weighted by Gasteiger charge is 2.43. The van der Waals surface area contributed by atoms with E-state index in [9.17, 15) is 15.0 Å². The van der Waals surface area contributed by atoms with Crippen LogP contribution in [0, 0.1) is 11.8 Å². The number of carboxylic acid groups (broad SMARTS) is 1. The molecule has 0 aromatic heterocycles. The van der Waals surface area contributed by atoms with Crippen molar-refractivity contribution >= 4 is 5.97 Å². The summed E-state index contributed by atoms with van der Waals surface area (Å²) >= 11 is 0. The molecule has 1 saturated carbocycles. The molecule has 1 heterocycles. The normalized spacial score (nSPS) is 28.8. The molecule has 170 valence electrons. The number of aliphatic hydroxyl groups is 2. The van der Waals surface area contributed by atoms with Gasteiger partial charge in [0.1, 0.15) is 18.5 Å². The number of para-hydroxylation sites is 1. The molecular formula is C26H30O6. The molecule has 1 aliphatic heterocycles. The second kappa shape index (κ2) is 10.3. The first-order valence-electron chi connectivity index (χ1n) is 11.2. The van der Waals surface area contributed by atoms with Crippen LogP contribution in [0.4, 0.5) is 0 Å². The highest BCUT2D eigenvalue weighted by Crippen LogP contribution is 2.43. The fourth-order valence-electron chi connectivity index (χ4n) is 4.83. The van der Waals surface area contributed by atoms with E-state index < -0.39 is 18.2 Å². The van der Waals surface area contributed by atoms with Crippen LogP contribution < -0.4 is 4.74 Å². The summed E-state index contributed by atoms with van der Waals surface area (Å²) in [5, 5.41) is 30.0. The maximum Gasteiger partial charge on any atom is 0.335 e. The minimum atomic E-state index is -0.928. The predicted molar refractivity (Wildman–Crippen MR) is 120 cm³/mol. The lowest BCUT2D eigenvalue weighted by molar-refractivity contribution is 0.0287. The number of aliphatic hydroxyl groups excluding tert-OH is 2. The van der Waals surface area contributed by atoms with Gasteiger partial charge in [-0.2, -0.15) is 0 Å². The Labute approximate surface area is 188 Å². The van der Waals surface area contributed by atoms with Crippen LogP contribution >= 0.6 is 0 Å². The summed E-state index contributed by atoms with van der Waals surface area (Å²) in [6, 6.07) is 16.4. The van der Waals surface area contributed by atoms with Gasteiger partial charge in [0.25, 0.3) is 0 Å². The third kappa shape index (κ3) is 5.38. The third-order valence-electron chi connectivity index (χ3n) is 6.60.